The molecule has 0 aliphatic carbocycles. The van der Waals surface area contributed by atoms with Gasteiger partial charge < -0.3 is 16.0 Å². The van der Waals surface area contributed by atoms with E-state index in [4.69, 9.17) is 23.2 Å². The molecule has 3 N–H and O–H groups in total. The molecule has 1 aliphatic heterocycles. The fraction of sp³-hybridized carbons (Fsp3) is 0.238. The zero-order valence-corrected chi connectivity index (χ0v) is 19.1. The number of hydrogen-bond acceptors (Lipinski definition) is 6. The van der Waals surface area contributed by atoms with Crippen LogP contribution in [0.25, 0.3) is 0 Å². The van der Waals surface area contributed by atoms with Gasteiger partial charge in [0.2, 0.25) is 0 Å². The fourth-order valence-corrected chi connectivity index (χ4v) is 4.54. The van der Waals surface area contributed by atoms with Crippen LogP contribution >= 0.6 is 34.5 Å². The molecule has 2 amide bonds. The number of hydrogen-bond donors (Lipinski definition) is 3. The van der Waals surface area contributed by atoms with Gasteiger partial charge in [0.25, 0.3) is 17.7 Å². The molecular formula is C21H19Cl2N5O3S. The zero-order chi connectivity index (χ0) is 22.7. The van der Waals surface area contributed by atoms with Crippen molar-refractivity contribution in [3.63, 3.8) is 0 Å². The van der Waals surface area contributed by atoms with Gasteiger partial charge >= 0.3 is 0 Å². The lowest BCUT2D eigenvalue weighted by atomic mass is 10.1. The number of aromatic nitrogens is 2. The van der Waals surface area contributed by atoms with Crippen LogP contribution in [0.2, 0.25) is 10.0 Å². The Labute approximate surface area is 197 Å². The molecule has 3 heterocycles. The van der Waals surface area contributed by atoms with Crippen LogP contribution in [-0.4, -0.2) is 46.6 Å². The van der Waals surface area contributed by atoms with Crippen molar-refractivity contribution in [3.8, 4) is 0 Å². The Bertz CT molecular complexity index is 1140. The molecule has 0 bridgehead atoms. The van der Waals surface area contributed by atoms with E-state index in [0.717, 1.165) is 30.6 Å². The first-order chi connectivity index (χ1) is 15.4. The van der Waals surface area contributed by atoms with Crippen molar-refractivity contribution in [2.45, 2.75) is 18.9 Å². The van der Waals surface area contributed by atoms with E-state index in [1.54, 1.807) is 23.6 Å². The topological polar surface area (TPSA) is 105 Å². The van der Waals surface area contributed by atoms with Crippen molar-refractivity contribution in [3.05, 3.63) is 68.1 Å². The average molecular weight is 492 g/mol. The Morgan fingerprint density at radius 1 is 1.06 bits per heavy atom. The van der Waals surface area contributed by atoms with Crippen LogP contribution < -0.4 is 16.0 Å². The largest absolute Gasteiger partial charge is 0.348 e. The number of thiophene rings is 1. The highest BCUT2D eigenvalue weighted by Crippen LogP contribution is 2.26. The molecule has 4 rings (SSSR count). The van der Waals surface area contributed by atoms with Crippen molar-refractivity contribution >= 4 is 57.9 Å². The number of nitrogens with zero attached hydrogens (tertiary/aromatic N) is 2. The molecule has 0 spiro atoms. The summed E-state index contributed by atoms with van der Waals surface area (Å²) in [5, 5.41) is 15.1. The molecule has 0 unspecified atom stereocenters. The third-order valence-electron chi connectivity index (χ3n) is 4.98. The van der Waals surface area contributed by atoms with Gasteiger partial charge in [-0.05, 0) is 49.5 Å². The Hall–Kier alpha value is -2.72. The number of benzene rings is 1. The van der Waals surface area contributed by atoms with Crippen LogP contribution in [0.4, 0.5) is 5.69 Å². The van der Waals surface area contributed by atoms with E-state index < -0.39 is 17.7 Å². The van der Waals surface area contributed by atoms with Crippen molar-refractivity contribution in [2.24, 2.45) is 0 Å². The molecule has 1 aliphatic rings. The van der Waals surface area contributed by atoms with E-state index in [9.17, 15) is 14.4 Å². The van der Waals surface area contributed by atoms with Crippen molar-refractivity contribution in [1.82, 2.24) is 20.4 Å². The molecule has 32 heavy (non-hydrogen) atoms. The number of carbonyl (C=O) groups is 3. The monoisotopic (exact) mass is 491 g/mol. The van der Waals surface area contributed by atoms with Crippen LogP contribution in [0.1, 0.15) is 43.4 Å². The fourth-order valence-electron chi connectivity index (χ4n) is 3.37. The van der Waals surface area contributed by atoms with Crippen LogP contribution in [-0.2, 0) is 0 Å². The third kappa shape index (κ3) is 4.86. The van der Waals surface area contributed by atoms with Gasteiger partial charge in [-0.1, -0.05) is 35.3 Å². The molecule has 0 radical (unpaired) electrons. The van der Waals surface area contributed by atoms with Gasteiger partial charge in [-0.2, -0.15) is 5.10 Å². The van der Waals surface area contributed by atoms with Gasteiger partial charge in [0.1, 0.15) is 0 Å². The maximum Gasteiger partial charge on any atom is 0.281 e. The average Bonchev–Trinajstić information content (AvgIpc) is 3.45. The number of rotatable bonds is 5. The highest BCUT2D eigenvalue weighted by Gasteiger charge is 2.26. The van der Waals surface area contributed by atoms with E-state index in [1.165, 1.54) is 29.7 Å². The lowest BCUT2D eigenvalue weighted by Gasteiger charge is -2.23. The summed E-state index contributed by atoms with van der Waals surface area (Å²) in [5.74, 6) is -1.50. The molecule has 1 fully saturated rings. The Morgan fingerprint density at radius 2 is 1.78 bits per heavy atom. The van der Waals surface area contributed by atoms with Gasteiger partial charge in [0, 0.05) is 6.04 Å². The summed E-state index contributed by atoms with van der Waals surface area (Å²) in [5.41, 5.74) is 0.108. The highest BCUT2D eigenvalue weighted by atomic mass is 35.5. The quantitative estimate of drug-likeness (QED) is 0.504. The Morgan fingerprint density at radius 3 is 2.44 bits per heavy atom. The van der Waals surface area contributed by atoms with E-state index in [2.05, 4.69) is 21.0 Å². The number of anilines is 1. The van der Waals surface area contributed by atoms with Crippen molar-refractivity contribution < 1.29 is 14.4 Å². The first kappa shape index (κ1) is 22.5. The first-order valence-corrected chi connectivity index (χ1v) is 11.5. The van der Waals surface area contributed by atoms with Crippen molar-refractivity contribution in [1.29, 1.82) is 0 Å². The Balaban J connectivity index is 1.66. The minimum Gasteiger partial charge on any atom is -0.348 e. The first-order valence-electron chi connectivity index (χ1n) is 9.89. The number of piperidine rings is 1. The summed E-state index contributed by atoms with van der Waals surface area (Å²) in [6, 6.07) is 8.08. The van der Waals surface area contributed by atoms with Crippen LogP contribution in [0.5, 0.6) is 0 Å². The van der Waals surface area contributed by atoms with Gasteiger partial charge in [-0.15, -0.1) is 11.3 Å². The molecule has 0 atom stereocenters. The summed E-state index contributed by atoms with van der Waals surface area (Å²) in [4.78, 5) is 39.1. The predicted octanol–water partition coefficient (Wildman–Crippen LogP) is 3.67. The molecule has 8 nitrogen and oxygen atoms in total. The van der Waals surface area contributed by atoms with E-state index in [1.807, 2.05) is 0 Å². The minimum atomic E-state index is -0.617. The second kappa shape index (κ2) is 9.83. The molecule has 166 valence electrons. The maximum atomic E-state index is 13.1. The lowest BCUT2D eigenvalue weighted by Crippen LogP contribution is -2.43. The molecule has 11 heteroatoms. The molecule has 1 saturated heterocycles. The van der Waals surface area contributed by atoms with Crippen LogP contribution in [0.3, 0.4) is 0 Å². The second-order valence-corrected chi connectivity index (χ2v) is 8.93. The van der Waals surface area contributed by atoms with Gasteiger partial charge in [0.15, 0.2) is 5.69 Å². The van der Waals surface area contributed by atoms with E-state index in [-0.39, 0.29) is 33.0 Å². The second-order valence-electron chi connectivity index (χ2n) is 7.17. The van der Waals surface area contributed by atoms with Gasteiger partial charge in [-0.3, -0.25) is 14.4 Å². The summed E-state index contributed by atoms with van der Waals surface area (Å²) in [6.07, 6.45) is 2.85. The molecule has 3 aromatic rings. The minimum absolute atomic E-state index is 0.0246. The van der Waals surface area contributed by atoms with E-state index >= 15 is 0 Å². The summed E-state index contributed by atoms with van der Waals surface area (Å²) >= 11 is 13.6. The lowest BCUT2D eigenvalue weighted by molar-refractivity contribution is 0.0921. The number of nitrogens with one attached hydrogen (secondary N) is 3. The van der Waals surface area contributed by atoms with Crippen LogP contribution in [0, 0.1) is 0 Å². The van der Waals surface area contributed by atoms with Gasteiger partial charge in [0.05, 0.1) is 32.4 Å². The Kier molecular flexibility index (Phi) is 6.90. The van der Waals surface area contributed by atoms with Gasteiger partial charge in [-0.25, -0.2) is 4.68 Å². The molecule has 0 saturated carbocycles. The summed E-state index contributed by atoms with van der Waals surface area (Å²) < 4.78 is 0.967. The number of halogens is 2. The molecular weight excluding hydrogens is 473 g/mol. The molecule has 2 aromatic heterocycles. The predicted molar refractivity (Wildman–Crippen MR) is 124 cm³/mol. The zero-order valence-electron chi connectivity index (χ0n) is 16.7. The number of amides is 2. The maximum absolute atomic E-state index is 13.1. The smallest absolute Gasteiger partial charge is 0.281 e. The standard InChI is InChI=1S/C21H19Cl2N5O3S/c22-13-3-1-4-14(23)17(13)21(31)28-11-15(26-19(29)16-5-2-10-32-16)18(27-28)20(30)25-12-6-8-24-9-7-12/h1-5,10-12,24H,6-9H2,(H,25,30)(H,26,29). The van der Waals surface area contributed by atoms with E-state index in [0.29, 0.717) is 4.88 Å². The van der Waals surface area contributed by atoms with Crippen LogP contribution in [0.15, 0.2) is 41.9 Å². The third-order valence-corrected chi connectivity index (χ3v) is 6.48. The SMILES string of the molecule is O=C(Nc1cn(C(=O)c2c(Cl)cccc2Cl)nc1C(=O)NC1CCNCC1)c1cccs1. The summed E-state index contributed by atoms with van der Waals surface area (Å²) in [6.45, 7) is 1.59. The molecule has 1 aromatic carbocycles. The summed E-state index contributed by atoms with van der Waals surface area (Å²) in [7, 11) is 0. The number of carbonyl (C=O) groups excluding carboxylic acids is 3. The normalized spacial score (nSPS) is 14.2. The highest BCUT2D eigenvalue weighted by molar-refractivity contribution is 7.12. The van der Waals surface area contributed by atoms with Crippen molar-refractivity contribution in [2.75, 3.05) is 18.4 Å².